The van der Waals surface area contributed by atoms with Crippen LogP contribution in [0.1, 0.15) is 37.9 Å². The molecule has 0 bridgehead atoms. The van der Waals surface area contributed by atoms with Crippen LogP contribution in [0.3, 0.4) is 0 Å². The Bertz CT molecular complexity index is 337. The third-order valence-corrected chi connectivity index (χ3v) is 3.03. The molecule has 0 spiro atoms. The van der Waals surface area contributed by atoms with Gasteiger partial charge in [-0.15, -0.1) is 0 Å². The summed E-state index contributed by atoms with van der Waals surface area (Å²) in [6, 6.07) is 4.05. The number of nitrogens with zero attached hydrogens (tertiary/aromatic N) is 1. The Morgan fingerprint density at radius 1 is 1.41 bits per heavy atom. The highest BCUT2D eigenvalue weighted by atomic mass is 16.2. The summed E-state index contributed by atoms with van der Waals surface area (Å²) >= 11 is 0. The van der Waals surface area contributed by atoms with Crippen LogP contribution in [0.5, 0.6) is 0 Å². The molecule has 0 aliphatic heterocycles. The van der Waals surface area contributed by atoms with Gasteiger partial charge in [0, 0.05) is 25.9 Å². The van der Waals surface area contributed by atoms with E-state index in [1.807, 2.05) is 12.3 Å². The number of aromatic nitrogens is 1. The Morgan fingerprint density at radius 3 is 2.82 bits per heavy atom. The number of nitrogens with one attached hydrogen (secondary N) is 1. The molecule has 0 saturated carbocycles. The summed E-state index contributed by atoms with van der Waals surface area (Å²) in [6.45, 7) is 8.57. The monoisotopic (exact) mass is 236 g/mol. The lowest BCUT2D eigenvalue weighted by Gasteiger charge is -2.24. The molecular formula is C14H24N2O. The number of hydrogen-bond acceptors (Lipinski definition) is 3. The SMILES string of the molecule is Cc1cccnc1CNCC(C)(C)CCCO. The fraction of sp³-hybridized carbons (Fsp3) is 0.643. The minimum absolute atomic E-state index is 0.228. The van der Waals surface area contributed by atoms with Crippen molar-refractivity contribution in [1.82, 2.24) is 10.3 Å². The highest BCUT2D eigenvalue weighted by Crippen LogP contribution is 2.20. The van der Waals surface area contributed by atoms with Crippen LogP contribution in [-0.2, 0) is 6.54 Å². The summed E-state index contributed by atoms with van der Waals surface area (Å²) in [6.07, 6.45) is 3.75. The predicted octanol–water partition coefficient (Wildman–Crippen LogP) is 2.28. The summed E-state index contributed by atoms with van der Waals surface area (Å²) in [4.78, 5) is 4.36. The lowest BCUT2D eigenvalue weighted by atomic mass is 9.88. The minimum Gasteiger partial charge on any atom is -0.396 e. The summed E-state index contributed by atoms with van der Waals surface area (Å²) < 4.78 is 0. The maximum atomic E-state index is 8.84. The van der Waals surface area contributed by atoms with Crippen LogP contribution in [0.15, 0.2) is 18.3 Å². The van der Waals surface area contributed by atoms with Crippen molar-refractivity contribution in [3.05, 3.63) is 29.6 Å². The van der Waals surface area contributed by atoms with Gasteiger partial charge in [-0.25, -0.2) is 0 Å². The van der Waals surface area contributed by atoms with Crippen LogP contribution < -0.4 is 5.32 Å². The molecule has 1 rings (SSSR count). The van der Waals surface area contributed by atoms with Crippen molar-refractivity contribution in [2.45, 2.75) is 40.2 Å². The predicted molar refractivity (Wildman–Crippen MR) is 70.8 cm³/mol. The zero-order valence-electron chi connectivity index (χ0n) is 11.2. The molecule has 0 atom stereocenters. The fourth-order valence-electron chi connectivity index (χ4n) is 1.87. The molecule has 0 aromatic carbocycles. The highest BCUT2D eigenvalue weighted by Gasteiger charge is 2.16. The molecule has 2 N–H and O–H groups in total. The number of aliphatic hydroxyl groups excluding tert-OH is 1. The molecule has 0 saturated heterocycles. The first-order valence-corrected chi connectivity index (χ1v) is 6.27. The van der Waals surface area contributed by atoms with Gasteiger partial charge in [-0.1, -0.05) is 19.9 Å². The number of aryl methyl sites for hydroxylation is 1. The number of aliphatic hydroxyl groups is 1. The first-order valence-electron chi connectivity index (χ1n) is 6.27. The van der Waals surface area contributed by atoms with Crippen LogP contribution in [0.25, 0.3) is 0 Å². The molecule has 3 nitrogen and oxygen atoms in total. The Labute approximate surface area is 104 Å². The second kappa shape index (κ2) is 6.72. The Hall–Kier alpha value is -0.930. The van der Waals surface area contributed by atoms with Gasteiger partial charge in [-0.3, -0.25) is 4.98 Å². The summed E-state index contributed by atoms with van der Waals surface area (Å²) in [5.74, 6) is 0. The average Bonchev–Trinajstić information content (AvgIpc) is 2.29. The standard InChI is InChI=1S/C14H24N2O/c1-12-6-4-8-16-13(12)10-15-11-14(2,3)7-5-9-17/h4,6,8,15,17H,5,7,9-11H2,1-3H3. The fourth-order valence-corrected chi connectivity index (χ4v) is 1.87. The molecule has 0 fully saturated rings. The van der Waals surface area contributed by atoms with Crippen molar-refractivity contribution in [2.24, 2.45) is 5.41 Å². The summed E-state index contributed by atoms with van der Waals surface area (Å²) in [5.41, 5.74) is 2.57. The Morgan fingerprint density at radius 2 is 2.18 bits per heavy atom. The molecule has 17 heavy (non-hydrogen) atoms. The second-order valence-electron chi connectivity index (χ2n) is 5.36. The van der Waals surface area contributed by atoms with E-state index >= 15 is 0 Å². The molecule has 0 aliphatic carbocycles. The average molecular weight is 236 g/mol. The number of rotatable bonds is 7. The maximum absolute atomic E-state index is 8.84. The van der Waals surface area contributed by atoms with Crippen molar-refractivity contribution >= 4 is 0 Å². The van der Waals surface area contributed by atoms with Gasteiger partial charge in [0.25, 0.3) is 0 Å². The largest absolute Gasteiger partial charge is 0.396 e. The Balaban J connectivity index is 2.35. The molecule has 0 aliphatic rings. The van der Waals surface area contributed by atoms with Crippen molar-refractivity contribution in [1.29, 1.82) is 0 Å². The quantitative estimate of drug-likeness (QED) is 0.763. The molecule has 0 unspecified atom stereocenters. The van der Waals surface area contributed by atoms with E-state index in [1.165, 1.54) is 5.56 Å². The smallest absolute Gasteiger partial charge is 0.0570 e. The van der Waals surface area contributed by atoms with Gasteiger partial charge in [0.2, 0.25) is 0 Å². The molecule has 0 amide bonds. The van der Waals surface area contributed by atoms with E-state index in [1.54, 1.807) is 0 Å². The summed E-state index contributed by atoms with van der Waals surface area (Å²) in [7, 11) is 0. The normalized spacial score (nSPS) is 11.8. The molecule has 3 heteroatoms. The Kier molecular flexibility index (Phi) is 5.59. The van der Waals surface area contributed by atoms with Gasteiger partial charge in [-0.2, -0.15) is 0 Å². The zero-order chi connectivity index (χ0) is 12.7. The lowest BCUT2D eigenvalue weighted by Crippen LogP contribution is -2.29. The topological polar surface area (TPSA) is 45.2 Å². The van der Waals surface area contributed by atoms with E-state index in [0.717, 1.165) is 31.6 Å². The van der Waals surface area contributed by atoms with Gasteiger partial charge in [0.15, 0.2) is 0 Å². The van der Waals surface area contributed by atoms with Crippen LogP contribution in [0.2, 0.25) is 0 Å². The zero-order valence-corrected chi connectivity index (χ0v) is 11.2. The number of pyridine rings is 1. The third kappa shape index (κ3) is 5.29. The van der Waals surface area contributed by atoms with Crippen molar-refractivity contribution in [2.75, 3.05) is 13.2 Å². The van der Waals surface area contributed by atoms with E-state index in [-0.39, 0.29) is 12.0 Å². The molecular weight excluding hydrogens is 212 g/mol. The maximum Gasteiger partial charge on any atom is 0.0570 e. The van der Waals surface area contributed by atoms with Crippen LogP contribution in [0.4, 0.5) is 0 Å². The van der Waals surface area contributed by atoms with Gasteiger partial charge in [0.05, 0.1) is 5.69 Å². The third-order valence-electron chi connectivity index (χ3n) is 3.03. The lowest BCUT2D eigenvalue weighted by molar-refractivity contribution is 0.236. The van der Waals surface area contributed by atoms with Crippen LogP contribution in [-0.4, -0.2) is 23.2 Å². The number of hydrogen-bond donors (Lipinski definition) is 2. The van der Waals surface area contributed by atoms with E-state index < -0.39 is 0 Å². The van der Waals surface area contributed by atoms with Gasteiger partial charge in [0.1, 0.15) is 0 Å². The van der Waals surface area contributed by atoms with E-state index in [4.69, 9.17) is 5.11 Å². The minimum atomic E-state index is 0.228. The van der Waals surface area contributed by atoms with Gasteiger partial charge >= 0.3 is 0 Å². The van der Waals surface area contributed by atoms with Crippen molar-refractivity contribution < 1.29 is 5.11 Å². The van der Waals surface area contributed by atoms with E-state index in [2.05, 4.69) is 37.1 Å². The molecule has 1 aromatic heterocycles. The van der Waals surface area contributed by atoms with E-state index in [9.17, 15) is 0 Å². The molecule has 1 aromatic rings. The second-order valence-corrected chi connectivity index (χ2v) is 5.36. The molecule has 1 heterocycles. The van der Waals surface area contributed by atoms with Crippen molar-refractivity contribution in [3.63, 3.8) is 0 Å². The van der Waals surface area contributed by atoms with Crippen LogP contribution >= 0.6 is 0 Å². The van der Waals surface area contributed by atoms with E-state index in [0.29, 0.717) is 0 Å². The van der Waals surface area contributed by atoms with Crippen molar-refractivity contribution in [3.8, 4) is 0 Å². The molecule has 96 valence electrons. The molecule has 0 radical (unpaired) electrons. The first-order chi connectivity index (χ1) is 8.05. The van der Waals surface area contributed by atoms with Crippen LogP contribution in [0, 0.1) is 12.3 Å². The highest BCUT2D eigenvalue weighted by molar-refractivity contribution is 5.17. The summed E-state index contributed by atoms with van der Waals surface area (Å²) in [5, 5.41) is 12.3. The first kappa shape index (κ1) is 14.1. The van der Waals surface area contributed by atoms with Gasteiger partial charge in [-0.05, 0) is 36.8 Å². The van der Waals surface area contributed by atoms with Gasteiger partial charge < -0.3 is 10.4 Å².